The van der Waals surface area contributed by atoms with Crippen LogP contribution in [-0.4, -0.2) is 31.8 Å². The third kappa shape index (κ3) is 3.24. The normalized spacial score (nSPS) is 18.8. The van der Waals surface area contributed by atoms with Gasteiger partial charge in [0.1, 0.15) is 5.25 Å². The average molecular weight is 270 g/mol. The van der Waals surface area contributed by atoms with E-state index in [1.807, 2.05) is 7.05 Å². The quantitative estimate of drug-likeness (QED) is 0.802. The number of carbonyl (C=O) groups excluding carboxylic acids is 1. The Labute approximate surface area is 110 Å². The molecule has 0 radical (unpaired) electrons. The summed E-state index contributed by atoms with van der Waals surface area (Å²) in [7, 11) is 1.93. The van der Waals surface area contributed by atoms with Crippen LogP contribution in [0.3, 0.4) is 0 Å². The Kier molecular flexibility index (Phi) is 4.88. The number of thiophene rings is 1. The minimum atomic E-state index is 0.0135. The van der Waals surface area contributed by atoms with Crippen molar-refractivity contribution in [1.82, 2.24) is 10.6 Å². The van der Waals surface area contributed by atoms with Crippen molar-refractivity contribution in [3.05, 3.63) is 21.9 Å². The number of amides is 1. The van der Waals surface area contributed by atoms with Gasteiger partial charge in [-0.25, -0.2) is 0 Å². The lowest BCUT2D eigenvalue weighted by Crippen LogP contribution is -2.31. The van der Waals surface area contributed by atoms with Crippen LogP contribution in [0.4, 0.5) is 0 Å². The second kappa shape index (κ2) is 6.42. The Morgan fingerprint density at radius 2 is 2.41 bits per heavy atom. The van der Waals surface area contributed by atoms with Crippen molar-refractivity contribution < 1.29 is 4.79 Å². The van der Waals surface area contributed by atoms with Crippen molar-refractivity contribution in [2.75, 3.05) is 25.9 Å². The number of hydrogen-bond donors (Lipinski definition) is 2. The maximum atomic E-state index is 12.1. The molecule has 5 heteroatoms. The number of rotatable bonds is 5. The van der Waals surface area contributed by atoms with Gasteiger partial charge in [-0.3, -0.25) is 4.79 Å². The standard InChI is InChI=1S/C12H18N2OS2/c1-13-5-2-6-14-12(15)11-9-3-7-16-10(9)4-8-17-11/h3,7,11,13H,2,4-6,8H2,1H3,(H,14,15). The van der Waals surface area contributed by atoms with Crippen LogP contribution in [0.25, 0.3) is 0 Å². The van der Waals surface area contributed by atoms with Gasteiger partial charge in [-0.1, -0.05) is 0 Å². The van der Waals surface area contributed by atoms with Gasteiger partial charge in [0.15, 0.2) is 0 Å². The average Bonchev–Trinajstić information content (AvgIpc) is 2.82. The summed E-state index contributed by atoms with van der Waals surface area (Å²) in [5.41, 5.74) is 1.23. The molecule has 1 unspecified atom stereocenters. The zero-order valence-corrected chi connectivity index (χ0v) is 11.6. The van der Waals surface area contributed by atoms with E-state index in [1.165, 1.54) is 10.4 Å². The van der Waals surface area contributed by atoms with E-state index < -0.39 is 0 Å². The number of thioether (sulfide) groups is 1. The molecule has 1 aromatic rings. The summed E-state index contributed by atoms with van der Waals surface area (Å²) in [5.74, 6) is 1.23. The summed E-state index contributed by atoms with van der Waals surface area (Å²) in [6, 6.07) is 2.10. The second-order valence-corrected chi connectivity index (χ2v) is 6.26. The third-order valence-electron chi connectivity index (χ3n) is 2.82. The molecule has 3 nitrogen and oxygen atoms in total. The molecule has 17 heavy (non-hydrogen) atoms. The molecular weight excluding hydrogens is 252 g/mol. The molecule has 2 rings (SSSR count). The summed E-state index contributed by atoms with van der Waals surface area (Å²) in [6.07, 6.45) is 2.09. The molecule has 1 aliphatic rings. The SMILES string of the molecule is CNCCCNC(=O)C1SCCc2sccc21. The zero-order chi connectivity index (χ0) is 12.1. The van der Waals surface area contributed by atoms with Gasteiger partial charge in [-0.05, 0) is 49.2 Å². The Morgan fingerprint density at radius 1 is 1.53 bits per heavy atom. The Hall–Kier alpha value is -0.520. The van der Waals surface area contributed by atoms with E-state index in [1.54, 1.807) is 23.1 Å². The summed E-state index contributed by atoms with van der Waals surface area (Å²) in [6.45, 7) is 1.71. The predicted octanol–water partition coefficient (Wildman–Crippen LogP) is 1.80. The van der Waals surface area contributed by atoms with Crippen molar-refractivity contribution in [3.8, 4) is 0 Å². The van der Waals surface area contributed by atoms with Crippen LogP contribution < -0.4 is 10.6 Å². The maximum absolute atomic E-state index is 12.1. The molecule has 0 fully saturated rings. The molecule has 0 saturated heterocycles. The van der Waals surface area contributed by atoms with Gasteiger partial charge < -0.3 is 10.6 Å². The fourth-order valence-electron chi connectivity index (χ4n) is 1.93. The maximum Gasteiger partial charge on any atom is 0.237 e. The smallest absolute Gasteiger partial charge is 0.237 e. The van der Waals surface area contributed by atoms with Crippen molar-refractivity contribution in [1.29, 1.82) is 0 Å². The fraction of sp³-hybridized carbons (Fsp3) is 0.583. The van der Waals surface area contributed by atoms with Crippen LogP contribution in [0, 0.1) is 0 Å². The minimum Gasteiger partial charge on any atom is -0.355 e. The largest absolute Gasteiger partial charge is 0.355 e. The first-order valence-electron chi connectivity index (χ1n) is 5.93. The lowest BCUT2D eigenvalue weighted by Gasteiger charge is -2.21. The van der Waals surface area contributed by atoms with Crippen molar-refractivity contribution >= 4 is 29.0 Å². The Bertz CT molecular complexity index is 378. The van der Waals surface area contributed by atoms with E-state index in [2.05, 4.69) is 22.1 Å². The number of nitrogens with one attached hydrogen (secondary N) is 2. The highest BCUT2D eigenvalue weighted by atomic mass is 32.2. The Morgan fingerprint density at radius 3 is 3.24 bits per heavy atom. The van der Waals surface area contributed by atoms with Crippen molar-refractivity contribution in [2.45, 2.75) is 18.1 Å². The van der Waals surface area contributed by atoms with Crippen molar-refractivity contribution in [3.63, 3.8) is 0 Å². The molecule has 1 amide bonds. The topological polar surface area (TPSA) is 41.1 Å². The molecule has 2 N–H and O–H groups in total. The van der Waals surface area contributed by atoms with Gasteiger partial charge in [0.25, 0.3) is 0 Å². The number of carbonyl (C=O) groups is 1. The highest BCUT2D eigenvalue weighted by Gasteiger charge is 2.27. The zero-order valence-electron chi connectivity index (χ0n) is 9.99. The summed E-state index contributed by atoms with van der Waals surface area (Å²) >= 11 is 3.54. The first kappa shape index (κ1) is 12.9. The Balaban J connectivity index is 1.89. The summed E-state index contributed by atoms with van der Waals surface area (Å²) in [5, 5.41) is 8.21. The van der Waals surface area contributed by atoms with E-state index in [0.717, 1.165) is 31.7 Å². The van der Waals surface area contributed by atoms with E-state index >= 15 is 0 Å². The van der Waals surface area contributed by atoms with Gasteiger partial charge in [-0.15, -0.1) is 23.1 Å². The highest BCUT2D eigenvalue weighted by molar-refractivity contribution is 8.00. The van der Waals surface area contributed by atoms with Crippen LogP contribution in [0.15, 0.2) is 11.4 Å². The molecule has 2 heterocycles. The molecule has 0 spiro atoms. The molecular formula is C12H18N2OS2. The fourth-order valence-corrected chi connectivity index (χ4v) is 4.25. The van der Waals surface area contributed by atoms with Gasteiger partial charge in [0.05, 0.1) is 0 Å². The highest BCUT2D eigenvalue weighted by Crippen LogP contribution is 2.39. The molecule has 1 aromatic heterocycles. The predicted molar refractivity (Wildman–Crippen MR) is 74.8 cm³/mol. The van der Waals surface area contributed by atoms with E-state index in [4.69, 9.17) is 0 Å². The van der Waals surface area contributed by atoms with Gasteiger partial charge in [-0.2, -0.15) is 0 Å². The minimum absolute atomic E-state index is 0.0135. The lowest BCUT2D eigenvalue weighted by atomic mass is 10.1. The molecule has 0 saturated carbocycles. The van der Waals surface area contributed by atoms with Crippen LogP contribution in [0.1, 0.15) is 22.1 Å². The van der Waals surface area contributed by atoms with E-state index in [0.29, 0.717) is 0 Å². The van der Waals surface area contributed by atoms with E-state index in [-0.39, 0.29) is 11.2 Å². The van der Waals surface area contributed by atoms with Crippen LogP contribution in [-0.2, 0) is 11.2 Å². The summed E-state index contributed by atoms with van der Waals surface area (Å²) in [4.78, 5) is 13.5. The van der Waals surface area contributed by atoms with Crippen molar-refractivity contribution in [2.24, 2.45) is 0 Å². The third-order valence-corrected chi connectivity index (χ3v) is 5.05. The van der Waals surface area contributed by atoms with Crippen LogP contribution in [0.2, 0.25) is 0 Å². The van der Waals surface area contributed by atoms with Crippen LogP contribution in [0.5, 0.6) is 0 Å². The lowest BCUT2D eigenvalue weighted by molar-refractivity contribution is -0.120. The number of fused-ring (bicyclic) bond motifs is 1. The molecule has 1 aliphatic heterocycles. The van der Waals surface area contributed by atoms with Gasteiger partial charge >= 0.3 is 0 Å². The van der Waals surface area contributed by atoms with E-state index in [9.17, 15) is 4.79 Å². The second-order valence-electron chi connectivity index (χ2n) is 4.05. The molecule has 0 bridgehead atoms. The first-order valence-corrected chi connectivity index (χ1v) is 7.86. The van der Waals surface area contributed by atoms with Gasteiger partial charge in [0.2, 0.25) is 5.91 Å². The number of aryl methyl sites for hydroxylation is 1. The molecule has 0 aliphatic carbocycles. The molecule has 94 valence electrons. The summed E-state index contributed by atoms with van der Waals surface area (Å²) < 4.78 is 0. The monoisotopic (exact) mass is 270 g/mol. The van der Waals surface area contributed by atoms with Crippen LogP contribution >= 0.6 is 23.1 Å². The molecule has 0 aromatic carbocycles. The molecule has 1 atom stereocenters. The number of hydrogen-bond acceptors (Lipinski definition) is 4. The first-order chi connectivity index (χ1) is 8.33. The van der Waals surface area contributed by atoms with Gasteiger partial charge in [0, 0.05) is 11.4 Å².